The Hall–Kier alpha value is -3.32. The van der Waals surface area contributed by atoms with E-state index in [0.29, 0.717) is 38.9 Å². The number of aromatic carboxylic acids is 1. The molecule has 38 heavy (non-hydrogen) atoms. The van der Waals surface area contributed by atoms with Crippen molar-refractivity contribution < 1.29 is 14.7 Å². The molecular formula is C29H28Cl3N3O3. The topological polar surface area (TPSA) is 82.5 Å². The van der Waals surface area contributed by atoms with Gasteiger partial charge in [0.1, 0.15) is 5.82 Å². The van der Waals surface area contributed by atoms with Crippen LogP contribution in [0.3, 0.4) is 0 Å². The van der Waals surface area contributed by atoms with E-state index in [-0.39, 0.29) is 36.3 Å². The molecule has 0 saturated carbocycles. The second kappa shape index (κ2) is 13.0. The van der Waals surface area contributed by atoms with Gasteiger partial charge in [-0.3, -0.25) is 4.79 Å². The minimum atomic E-state index is -1.02. The maximum absolute atomic E-state index is 12.6. The predicted octanol–water partition coefficient (Wildman–Crippen LogP) is 7.14. The number of hydrogen-bond donors (Lipinski definition) is 2. The molecule has 0 spiro atoms. The quantitative estimate of drug-likeness (QED) is 0.257. The summed E-state index contributed by atoms with van der Waals surface area (Å²) in [5, 5.41) is 13.8. The van der Waals surface area contributed by atoms with E-state index in [4.69, 9.17) is 16.6 Å². The molecule has 1 saturated heterocycles. The van der Waals surface area contributed by atoms with Gasteiger partial charge in [-0.05, 0) is 79.3 Å². The molecule has 0 atom stereocenters. The SMILES string of the molecule is Cl.Cl.O=C(Nc1ccc2nc(N3CCC(Cc4ccccc4)CC3)cc(C(=O)O)c2c1)c1ccc(Cl)cc1. The number of pyridine rings is 1. The number of anilines is 2. The first kappa shape index (κ1) is 29.2. The fourth-order valence-corrected chi connectivity index (χ4v) is 4.87. The van der Waals surface area contributed by atoms with Crippen molar-refractivity contribution in [1.82, 2.24) is 4.98 Å². The number of carboxylic acids is 1. The van der Waals surface area contributed by atoms with Crippen molar-refractivity contribution in [2.75, 3.05) is 23.3 Å². The predicted molar refractivity (Wildman–Crippen MR) is 158 cm³/mol. The summed E-state index contributed by atoms with van der Waals surface area (Å²) in [5.74, 6) is -0.0412. The normalized spacial score (nSPS) is 13.3. The minimum Gasteiger partial charge on any atom is -0.478 e. The summed E-state index contributed by atoms with van der Waals surface area (Å²) in [6, 6.07) is 23.9. The number of hydrogen-bond acceptors (Lipinski definition) is 4. The highest BCUT2D eigenvalue weighted by Crippen LogP contribution is 2.30. The molecule has 4 aromatic rings. The number of nitrogens with one attached hydrogen (secondary N) is 1. The van der Waals surface area contributed by atoms with Gasteiger partial charge in [-0.15, -0.1) is 24.8 Å². The lowest BCUT2D eigenvalue weighted by Gasteiger charge is -2.33. The molecule has 2 N–H and O–H groups in total. The lowest BCUT2D eigenvalue weighted by Crippen LogP contribution is -2.35. The molecule has 0 radical (unpaired) electrons. The smallest absolute Gasteiger partial charge is 0.336 e. The number of aromatic nitrogens is 1. The van der Waals surface area contributed by atoms with Gasteiger partial charge in [0.2, 0.25) is 0 Å². The van der Waals surface area contributed by atoms with Crippen LogP contribution in [0.15, 0.2) is 78.9 Å². The molecule has 5 rings (SSSR count). The zero-order valence-corrected chi connectivity index (χ0v) is 22.9. The van der Waals surface area contributed by atoms with Gasteiger partial charge >= 0.3 is 5.97 Å². The first-order valence-corrected chi connectivity index (χ1v) is 12.4. The Kier molecular flexibility index (Phi) is 9.97. The number of carbonyl (C=O) groups excluding carboxylic acids is 1. The number of nitrogens with zero attached hydrogens (tertiary/aromatic N) is 2. The maximum atomic E-state index is 12.6. The van der Waals surface area contributed by atoms with Crippen molar-refractivity contribution in [2.45, 2.75) is 19.3 Å². The van der Waals surface area contributed by atoms with Crippen LogP contribution in [0.5, 0.6) is 0 Å². The zero-order chi connectivity index (χ0) is 25.1. The highest BCUT2D eigenvalue weighted by molar-refractivity contribution is 6.30. The summed E-state index contributed by atoms with van der Waals surface area (Å²) < 4.78 is 0. The van der Waals surface area contributed by atoms with Crippen molar-refractivity contribution in [1.29, 1.82) is 0 Å². The monoisotopic (exact) mass is 571 g/mol. The standard InChI is InChI=1S/C29H26ClN3O3.2ClH/c30-22-8-6-21(7-9-22)28(34)31-23-10-11-26-24(17-23)25(29(35)36)18-27(32-26)33-14-12-20(13-15-33)16-19-4-2-1-3-5-19;;/h1-11,17-18,20H,12-16H2,(H,31,34)(H,35,36);2*1H. The molecular weight excluding hydrogens is 545 g/mol. The Bertz CT molecular complexity index is 1410. The molecule has 0 aliphatic carbocycles. The van der Waals surface area contributed by atoms with Crippen molar-refractivity contribution in [3.05, 3.63) is 101 Å². The fourth-order valence-electron chi connectivity index (χ4n) is 4.75. The maximum Gasteiger partial charge on any atom is 0.336 e. The molecule has 9 heteroatoms. The number of fused-ring (bicyclic) bond motifs is 1. The Labute approximate surface area is 238 Å². The van der Waals surface area contributed by atoms with Gasteiger partial charge < -0.3 is 15.3 Å². The average Bonchev–Trinajstić information content (AvgIpc) is 2.89. The highest BCUT2D eigenvalue weighted by atomic mass is 35.5. The number of carbonyl (C=O) groups is 2. The lowest BCUT2D eigenvalue weighted by molar-refractivity contribution is 0.0698. The van der Waals surface area contributed by atoms with Crippen molar-refractivity contribution >= 4 is 70.7 Å². The minimum absolute atomic E-state index is 0. The van der Waals surface area contributed by atoms with Gasteiger partial charge in [-0.25, -0.2) is 9.78 Å². The van der Waals surface area contributed by atoms with Crippen LogP contribution in [0.1, 0.15) is 39.1 Å². The second-order valence-corrected chi connectivity index (χ2v) is 9.58. The molecule has 2 heterocycles. The van der Waals surface area contributed by atoms with E-state index in [9.17, 15) is 14.7 Å². The van der Waals surface area contributed by atoms with E-state index >= 15 is 0 Å². The average molecular weight is 573 g/mol. The van der Waals surface area contributed by atoms with Crippen molar-refractivity contribution in [2.24, 2.45) is 5.92 Å². The van der Waals surface area contributed by atoms with Gasteiger partial charge in [-0.2, -0.15) is 0 Å². The Morgan fingerprint density at radius 1 is 0.947 bits per heavy atom. The first-order chi connectivity index (χ1) is 17.5. The Morgan fingerprint density at radius 2 is 1.63 bits per heavy atom. The molecule has 1 aromatic heterocycles. The molecule has 0 bridgehead atoms. The summed E-state index contributed by atoms with van der Waals surface area (Å²) in [5.41, 5.74) is 3.07. The highest BCUT2D eigenvalue weighted by Gasteiger charge is 2.22. The van der Waals surface area contributed by atoms with Crippen LogP contribution in [-0.4, -0.2) is 35.1 Å². The third kappa shape index (κ3) is 6.76. The third-order valence-corrected chi connectivity index (χ3v) is 6.95. The summed E-state index contributed by atoms with van der Waals surface area (Å²) in [4.78, 5) is 31.7. The van der Waals surface area contributed by atoms with Crippen LogP contribution < -0.4 is 10.2 Å². The van der Waals surface area contributed by atoms with Gasteiger partial charge in [0.25, 0.3) is 5.91 Å². The number of rotatable bonds is 6. The van der Waals surface area contributed by atoms with Gasteiger partial charge in [-0.1, -0.05) is 41.9 Å². The van der Waals surface area contributed by atoms with Crippen molar-refractivity contribution in [3.8, 4) is 0 Å². The summed E-state index contributed by atoms with van der Waals surface area (Å²) in [7, 11) is 0. The van der Waals surface area contributed by atoms with Gasteiger partial charge in [0, 0.05) is 34.7 Å². The lowest BCUT2D eigenvalue weighted by atomic mass is 9.90. The van der Waals surface area contributed by atoms with Gasteiger partial charge in [0.05, 0.1) is 11.1 Å². The molecule has 198 valence electrons. The summed E-state index contributed by atoms with van der Waals surface area (Å²) in [6.45, 7) is 1.68. The van der Waals surface area contributed by atoms with Crippen LogP contribution in [0.2, 0.25) is 5.02 Å². The van der Waals surface area contributed by atoms with Crippen LogP contribution in [0, 0.1) is 5.92 Å². The van der Waals surface area contributed by atoms with E-state index in [1.807, 2.05) is 6.07 Å². The molecule has 1 aliphatic heterocycles. The summed E-state index contributed by atoms with van der Waals surface area (Å²) >= 11 is 5.90. The van der Waals surface area contributed by atoms with Crippen LogP contribution >= 0.6 is 36.4 Å². The molecule has 3 aromatic carbocycles. The van der Waals surface area contributed by atoms with Crippen LogP contribution in [0.4, 0.5) is 11.5 Å². The largest absolute Gasteiger partial charge is 0.478 e. The first-order valence-electron chi connectivity index (χ1n) is 12.0. The molecule has 1 aliphatic rings. The number of carboxylic acid groups (broad SMARTS) is 1. The zero-order valence-electron chi connectivity index (χ0n) is 20.5. The molecule has 1 fully saturated rings. The number of halogens is 3. The van der Waals surface area contributed by atoms with Crippen molar-refractivity contribution in [3.63, 3.8) is 0 Å². The van der Waals surface area contributed by atoms with Crippen LogP contribution in [-0.2, 0) is 6.42 Å². The molecule has 1 amide bonds. The fraction of sp³-hybridized carbons (Fsp3) is 0.207. The Balaban J connectivity index is 0.00000200. The number of piperidine rings is 1. The van der Waals surface area contributed by atoms with E-state index in [0.717, 1.165) is 32.4 Å². The number of benzene rings is 3. The number of amides is 1. The van der Waals surface area contributed by atoms with E-state index in [2.05, 4.69) is 34.5 Å². The van der Waals surface area contributed by atoms with E-state index in [1.54, 1.807) is 48.5 Å². The second-order valence-electron chi connectivity index (χ2n) is 9.15. The van der Waals surface area contributed by atoms with Crippen LogP contribution in [0.25, 0.3) is 10.9 Å². The van der Waals surface area contributed by atoms with E-state index < -0.39 is 5.97 Å². The summed E-state index contributed by atoms with van der Waals surface area (Å²) in [6.07, 6.45) is 3.13. The Morgan fingerprint density at radius 3 is 2.29 bits per heavy atom. The molecule has 6 nitrogen and oxygen atoms in total. The molecule has 0 unspecified atom stereocenters. The van der Waals surface area contributed by atoms with E-state index in [1.165, 1.54) is 5.56 Å². The third-order valence-electron chi connectivity index (χ3n) is 6.70. The van der Waals surface area contributed by atoms with Gasteiger partial charge in [0.15, 0.2) is 0 Å².